The zero-order valence-electron chi connectivity index (χ0n) is 27.0. The van der Waals surface area contributed by atoms with E-state index in [1.54, 1.807) is 0 Å². The second kappa shape index (κ2) is 44.8. The number of benzene rings is 1. The van der Waals surface area contributed by atoms with Crippen LogP contribution < -0.4 is 0 Å². The van der Waals surface area contributed by atoms with Gasteiger partial charge in [-0.3, -0.25) is 0 Å². The molecule has 0 nitrogen and oxygen atoms in total. The first-order valence-corrected chi connectivity index (χ1v) is 14.5. The Morgan fingerprint density at radius 3 is 1.19 bits per heavy atom. The standard InChI is InChI=1S/C9H18.C9H12.C6H10.C4H10.3C2H6.3CH4/c1-7(2)9-5-4-8(3)6-9;1-8(2)9-6-4-3-5-7-9;1-4-5-6(2)3;1-4(2)3;3*1-2;;;/h7-9H,4-6H2,1-3H3;3-8H,1-2H3;6H,1-3H3;4H,1-3H3;3*1-2H3;3*1H4. The molecular weight excluding hydrogens is 444 g/mol. The molecule has 0 heterocycles. The largest absolute Gasteiger partial charge is 0.106 e. The van der Waals surface area contributed by atoms with E-state index in [-0.39, 0.29) is 22.3 Å². The van der Waals surface area contributed by atoms with Crippen LogP contribution in [0.15, 0.2) is 30.3 Å². The molecule has 0 radical (unpaired) electrons. The minimum Gasteiger partial charge on any atom is -0.106 e. The molecule has 2 unspecified atom stereocenters. The van der Waals surface area contributed by atoms with Crippen molar-refractivity contribution in [3.8, 4) is 11.8 Å². The molecule has 37 heavy (non-hydrogen) atoms. The molecule has 0 N–H and O–H groups in total. The molecule has 228 valence electrons. The fourth-order valence-corrected chi connectivity index (χ4v) is 2.98. The maximum absolute atomic E-state index is 2.96. The van der Waals surface area contributed by atoms with Crippen LogP contribution in [0.4, 0.5) is 0 Å². The maximum Gasteiger partial charge on any atom is 0.0146 e. The number of hydrogen-bond donors (Lipinski definition) is 0. The molecular formula is C37H80. The molecule has 0 aromatic heterocycles. The topological polar surface area (TPSA) is 0 Å². The molecule has 0 heteroatoms. The van der Waals surface area contributed by atoms with Gasteiger partial charge in [0.2, 0.25) is 0 Å². The SMILES string of the molecule is C.C.C.CC.CC.CC.CC#CC(C)C.CC(C)C.CC(C)c1ccccc1.CC1CCC(C(C)C)C1. The highest BCUT2D eigenvalue weighted by Gasteiger charge is 2.23. The van der Waals surface area contributed by atoms with Gasteiger partial charge >= 0.3 is 0 Å². The number of hydrogen-bond acceptors (Lipinski definition) is 0. The first-order chi connectivity index (χ1) is 16.0. The second-order valence-electron chi connectivity index (χ2n) is 9.77. The third-order valence-electron chi connectivity index (χ3n) is 4.58. The van der Waals surface area contributed by atoms with Crippen LogP contribution in [-0.2, 0) is 0 Å². The summed E-state index contributed by atoms with van der Waals surface area (Å²) in [7, 11) is 0. The van der Waals surface area contributed by atoms with Gasteiger partial charge in [-0.15, -0.1) is 11.8 Å². The Hall–Kier alpha value is -1.22. The van der Waals surface area contributed by atoms with E-state index < -0.39 is 0 Å². The Labute approximate surface area is 242 Å². The van der Waals surface area contributed by atoms with E-state index in [4.69, 9.17) is 0 Å². The van der Waals surface area contributed by atoms with Crippen molar-refractivity contribution >= 4 is 0 Å². The molecule has 1 fully saturated rings. The summed E-state index contributed by atoms with van der Waals surface area (Å²) in [6.45, 7) is 36.0. The smallest absolute Gasteiger partial charge is 0.0146 e. The van der Waals surface area contributed by atoms with Crippen molar-refractivity contribution in [1.82, 2.24) is 0 Å². The van der Waals surface area contributed by atoms with Crippen molar-refractivity contribution in [2.24, 2.45) is 29.6 Å². The fraction of sp³-hybridized carbons (Fsp3) is 0.784. The van der Waals surface area contributed by atoms with Gasteiger partial charge in [0.05, 0.1) is 0 Å². The summed E-state index contributed by atoms with van der Waals surface area (Å²) in [5, 5.41) is 0. The summed E-state index contributed by atoms with van der Waals surface area (Å²) >= 11 is 0. The molecule has 0 spiro atoms. The van der Waals surface area contributed by atoms with Crippen molar-refractivity contribution in [1.29, 1.82) is 0 Å². The van der Waals surface area contributed by atoms with E-state index in [0.717, 1.165) is 23.7 Å². The molecule has 2 atom stereocenters. The van der Waals surface area contributed by atoms with Gasteiger partial charge in [0.1, 0.15) is 0 Å². The minimum atomic E-state index is 0. The first kappa shape index (κ1) is 56.1. The molecule has 1 aliphatic rings. The minimum absolute atomic E-state index is 0. The van der Waals surface area contributed by atoms with Gasteiger partial charge in [-0.1, -0.05) is 170 Å². The van der Waals surface area contributed by atoms with Crippen LogP contribution in [0, 0.1) is 41.4 Å². The molecule has 2 rings (SSSR count). The monoisotopic (exact) mass is 525 g/mol. The van der Waals surface area contributed by atoms with Gasteiger partial charge in [0.25, 0.3) is 0 Å². The normalized spacial score (nSPS) is 13.9. The predicted octanol–water partition coefficient (Wildman–Crippen LogP) is 14.2. The van der Waals surface area contributed by atoms with Crippen LogP contribution in [0.25, 0.3) is 0 Å². The van der Waals surface area contributed by atoms with Crippen LogP contribution >= 0.6 is 0 Å². The molecule has 0 amide bonds. The van der Waals surface area contributed by atoms with Crippen LogP contribution in [0.2, 0.25) is 0 Å². The average molecular weight is 525 g/mol. The van der Waals surface area contributed by atoms with Gasteiger partial charge in [-0.05, 0) is 54.9 Å². The Kier molecular flexibility index (Phi) is 67.8. The van der Waals surface area contributed by atoms with Crippen molar-refractivity contribution < 1.29 is 0 Å². The van der Waals surface area contributed by atoms with Crippen molar-refractivity contribution in [3.63, 3.8) is 0 Å². The second-order valence-corrected chi connectivity index (χ2v) is 9.77. The highest BCUT2D eigenvalue weighted by molar-refractivity contribution is 5.17. The van der Waals surface area contributed by atoms with E-state index in [9.17, 15) is 0 Å². The highest BCUT2D eigenvalue weighted by Crippen LogP contribution is 2.34. The zero-order chi connectivity index (χ0) is 28.1. The lowest BCUT2D eigenvalue weighted by molar-refractivity contribution is 0.384. The lowest BCUT2D eigenvalue weighted by Crippen LogP contribution is -2.02. The van der Waals surface area contributed by atoms with Crippen molar-refractivity contribution in [2.45, 2.75) is 165 Å². The van der Waals surface area contributed by atoms with E-state index in [1.165, 1.54) is 24.8 Å². The third kappa shape index (κ3) is 52.1. The Bertz CT molecular complexity index is 493. The van der Waals surface area contributed by atoms with Crippen molar-refractivity contribution in [2.75, 3.05) is 0 Å². The van der Waals surface area contributed by atoms with Crippen LogP contribution in [0.3, 0.4) is 0 Å². The van der Waals surface area contributed by atoms with Crippen LogP contribution in [0.1, 0.15) is 171 Å². The molecule has 0 aliphatic heterocycles. The van der Waals surface area contributed by atoms with Gasteiger partial charge in [0, 0.05) is 5.92 Å². The lowest BCUT2D eigenvalue weighted by atomic mass is 9.94. The zero-order valence-corrected chi connectivity index (χ0v) is 27.0. The summed E-state index contributed by atoms with van der Waals surface area (Å²) in [6.07, 6.45) is 4.44. The van der Waals surface area contributed by atoms with E-state index in [1.807, 2.05) is 54.5 Å². The molecule has 1 aliphatic carbocycles. The summed E-state index contributed by atoms with van der Waals surface area (Å²) in [6, 6.07) is 10.5. The first-order valence-electron chi connectivity index (χ1n) is 14.5. The Morgan fingerprint density at radius 1 is 0.676 bits per heavy atom. The summed E-state index contributed by atoms with van der Waals surface area (Å²) in [4.78, 5) is 0. The van der Waals surface area contributed by atoms with Crippen LogP contribution in [-0.4, -0.2) is 0 Å². The Morgan fingerprint density at radius 2 is 1.05 bits per heavy atom. The average Bonchev–Trinajstić information content (AvgIpc) is 3.26. The van der Waals surface area contributed by atoms with Gasteiger partial charge in [0.15, 0.2) is 0 Å². The van der Waals surface area contributed by atoms with Crippen LogP contribution in [0.5, 0.6) is 0 Å². The molecule has 1 aromatic carbocycles. The molecule has 0 saturated heterocycles. The van der Waals surface area contributed by atoms with Gasteiger partial charge in [-0.2, -0.15) is 0 Å². The quantitative estimate of drug-likeness (QED) is 0.337. The summed E-state index contributed by atoms with van der Waals surface area (Å²) in [5.74, 6) is 10.8. The number of rotatable bonds is 2. The molecule has 1 aromatic rings. The third-order valence-corrected chi connectivity index (χ3v) is 4.58. The van der Waals surface area contributed by atoms with Gasteiger partial charge in [-0.25, -0.2) is 0 Å². The predicted molar refractivity (Wildman–Crippen MR) is 185 cm³/mol. The van der Waals surface area contributed by atoms with E-state index in [2.05, 4.69) is 105 Å². The summed E-state index contributed by atoms with van der Waals surface area (Å²) in [5.41, 5.74) is 1.41. The Balaban J connectivity index is -0.0000000474. The molecule has 1 saturated carbocycles. The maximum atomic E-state index is 2.96. The molecule has 0 bridgehead atoms. The van der Waals surface area contributed by atoms with Gasteiger partial charge < -0.3 is 0 Å². The lowest BCUT2D eigenvalue weighted by Gasteiger charge is -2.12. The van der Waals surface area contributed by atoms with E-state index in [0.29, 0.717) is 11.8 Å². The van der Waals surface area contributed by atoms with Crippen molar-refractivity contribution in [3.05, 3.63) is 35.9 Å². The van der Waals surface area contributed by atoms with E-state index >= 15 is 0 Å². The summed E-state index contributed by atoms with van der Waals surface area (Å²) < 4.78 is 0. The fourth-order valence-electron chi connectivity index (χ4n) is 2.98. The highest BCUT2D eigenvalue weighted by atomic mass is 14.3.